The highest BCUT2D eigenvalue weighted by Crippen LogP contribution is 2.22. The van der Waals surface area contributed by atoms with Crippen LogP contribution in [0.4, 0.5) is 0 Å². The molecular formula is C20H36O4. The van der Waals surface area contributed by atoms with Crippen LogP contribution in [0.3, 0.4) is 0 Å². The molecule has 0 saturated heterocycles. The van der Waals surface area contributed by atoms with Crippen molar-refractivity contribution in [1.29, 1.82) is 0 Å². The number of carbonyl (C=O) groups excluding carboxylic acids is 2. The lowest BCUT2D eigenvalue weighted by atomic mass is 9.96. The maximum atomic E-state index is 12.4. The zero-order valence-electron chi connectivity index (χ0n) is 16.1. The van der Waals surface area contributed by atoms with E-state index in [4.69, 9.17) is 9.47 Å². The Kier molecular flexibility index (Phi) is 14.4. The molecule has 0 fully saturated rings. The molecule has 0 aliphatic carbocycles. The van der Waals surface area contributed by atoms with E-state index in [1.807, 2.05) is 0 Å². The normalized spacial score (nSPS) is 11.8. The first kappa shape index (κ1) is 22.7. The van der Waals surface area contributed by atoms with E-state index in [2.05, 4.69) is 13.8 Å². The standard InChI is InChI=1S/C20H36O4/c1-5-9-11-12-14-16-18(20(22)24-8-4)17(15-13-10-6-2)19(21)23-7-3/h5-16H2,1-4H3/b18-17-. The van der Waals surface area contributed by atoms with E-state index in [0.717, 1.165) is 38.5 Å². The maximum Gasteiger partial charge on any atom is 0.334 e. The highest BCUT2D eigenvalue weighted by Gasteiger charge is 2.22. The number of unbranched alkanes of at least 4 members (excludes halogenated alkanes) is 6. The number of carbonyl (C=O) groups is 2. The molecule has 0 aromatic carbocycles. The minimum atomic E-state index is -0.356. The Morgan fingerprint density at radius 1 is 0.583 bits per heavy atom. The van der Waals surface area contributed by atoms with Crippen molar-refractivity contribution in [1.82, 2.24) is 0 Å². The van der Waals surface area contributed by atoms with Crippen molar-refractivity contribution in [3.63, 3.8) is 0 Å². The Morgan fingerprint density at radius 3 is 1.38 bits per heavy atom. The van der Waals surface area contributed by atoms with Crippen molar-refractivity contribution in [2.24, 2.45) is 0 Å². The van der Waals surface area contributed by atoms with Crippen molar-refractivity contribution in [2.45, 2.75) is 91.9 Å². The molecule has 0 bridgehead atoms. The van der Waals surface area contributed by atoms with Crippen LogP contribution in [0.5, 0.6) is 0 Å². The molecule has 0 atom stereocenters. The molecule has 0 heterocycles. The van der Waals surface area contributed by atoms with Crippen molar-refractivity contribution in [3.05, 3.63) is 11.1 Å². The van der Waals surface area contributed by atoms with E-state index in [1.54, 1.807) is 13.8 Å². The van der Waals surface area contributed by atoms with Crippen LogP contribution in [0.25, 0.3) is 0 Å². The largest absolute Gasteiger partial charge is 0.463 e. The van der Waals surface area contributed by atoms with Crippen LogP contribution in [-0.2, 0) is 19.1 Å². The monoisotopic (exact) mass is 340 g/mol. The first-order valence-corrected chi connectivity index (χ1v) is 9.68. The van der Waals surface area contributed by atoms with Gasteiger partial charge in [0.25, 0.3) is 0 Å². The van der Waals surface area contributed by atoms with Gasteiger partial charge in [-0.15, -0.1) is 0 Å². The van der Waals surface area contributed by atoms with Gasteiger partial charge < -0.3 is 9.47 Å². The third kappa shape index (κ3) is 9.74. The van der Waals surface area contributed by atoms with E-state index in [-0.39, 0.29) is 11.9 Å². The van der Waals surface area contributed by atoms with Gasteiger partial charge in [-0.3, -0.25) is 0 Å². The summed E-state index contributed by atoms with van der Waals surface area (Å²) in [5.74, 6) is -0.710. The van der Waals surface area contributed by atoms with Gasteiger partial charge >= 0.3 is 11.9 Å². The first-order chi connectivity index (χ1) is 11.6. The van der Waals surface area contributed by atoms with E-state index in [1.165, 1.54) is 12.8 Å². The van der Waals surface area contributed by atoms with Crippen molar-refractivity contribution < 1.29 is 19.1 Å². The summed E-state index contributed by atoms with van der Waals surface area (Å²) < 4.78 is 10.4. The summed E-state index contributed by atoms with van der Waals surface area (Å²) in [7, 11) is 0. The SMILES string of the molecule is CCCCCCC/C(C(=O)OCC)=C(\CCCCC)C(=O)OCC. The first-order valence-electron chi connectivity index (χ1n) is 9.68. The molecule has 0 N–H and O–H groups in total. The fraction of sp³-hybridized carbons (Fsp3) is 0.800. The molecule has 0 saturated carbocycles. The fourth-order valence-electron chi connectivity index (χ4n) is 2.65. The zero-order valence-corrected chi connectivity index (χ0v) is 16.1. The summed E-state index contributed by atoms with van der Waals surface area (Å²) in [6, 6.07) is 0. The molecule has 0 amide bonds. The Bertz CT molecular complexity index is 385. The molecule has 4 nitrogen and oxygen atoms in total. The van der Waals surface area contributed by atoms with Crippen LogP contribution < -0.4 is 0 Å². The Hall–Kier alpha value is -1.32. The maximum absolute atomic E-state index is 12.4. The summed E-state index contributed by atoms with van der Waals surface area (Å²) >= 11 is 0. The van der Waals surface area contributed by atoms with Crippen LogP contribution in [0.15, 0.2) is 11.1 Å². The second-order valence-electron chi connectivity index (χ2n) is 6.02. The van der Waals surface area contributed by atoms with Gasteiger partial charge in [0.05, 0.1) is 13.2 Å². The number of rotatable bonds is 14. The summed E-state index contributed by atoms with van der Waals surface area (Å²) in [6.45, 7) is 8.52. The van der Waals surface area contributed by atoms with Gasteiger partial charge in [-0.05, 0) is 39.5 Å². The minimum absolute atomic E-state index is 0.322. The lowest BCUT2D eigenvalue weighted by Gasteiger charge is -2.14. The number of esters is 2. The van der Waals surface area contributed by atoms with Gasteiger partial charge in [0.15, 0.2) is 0 Å². The van der Waals surface area contributed by atoms with E-state index >= 15 is 0 Å². The van der Waals surface area contributed by atoms with Crippen LogP contribution >= 0.6 is 0 Å². The Labute approximate surface area is 148 Å². The van der Waals surface area contributed by atoms with Crippen molar-refractivity contribution in [3.8, 4) is 0 Å². The third-order valence-electron chi connectivity index (χ3n) is 3.97. The van der Waals surface area contributed by atoms with Crippen molar-refractivity contribution in [2.75, 3.05) is 13.2 Å². The molecule has 0 rings (SSSR count). The lowest BCUT2D eigenvalue weighted by molar-refractivity contribution is -0.142. The average molecular weight is 341 g/mol. The molecule has 0 radical (unpaired) electrons. The zero-order chi connectivity index (χ0) is 18.2. The number of ether oxygens (including phenoxy) is 2. The summed E-state index contributed by atoms with van der Waals surface area (Å²) in [5.41, 5.74) is 1.06. The average Bonchev–Trinajstić information content (AvgIpc) is 2.56. The van der Waals surface area contributed by atoms with Crippen LogP contribution in [-0.4, -0.2) is 25.2 Å². The van der Waals surface area contributed by atoms with Gasteiger partial charge in [0, 0.05) is 11.1 Å². The van der Waals surface area contributed by atoms with E-state index in [9.17, 15) is 9.59 Å². The quantitative estimate of drug-likeness (QED) is 0.243. The molecule has 0 spiro atoms. The minimum Gasteiger partial charge on any atom is -0.463 e. The van der Waals surface area contributed by atoms with E-state index in [0.29, 0.717) is 37.2 Å². The molecule has 0 unspecified atom stereocenters. The molecular weight excluding hydrogens is 304 g/mol. The Morgan fingerprint density at radius 2 is 0.958 bits per heavy atom. The molecule has 0 aliphatic rings. The molecule has 4 heteroatoms. The summed E-state index contributed by atoms with van der Waals surface area (Å²) in [6.07, 6.45) is 9.73. The molecule has 140 valence electrons. The van der Waals surface area contributed by atoms with Crippen LogP contribution in [0, 0.1) is 0 Å². The van der Waals surface area contributed by atoms with Gasteiger partial charge in [-0.2, -0.15) is 0 Å². The van der Waals surface area contributed by atoms with Crippen LogP contribution in [0.1, 0.15) is 91.9 Å². The van der Waals surface area contributed by atoms with Crippen LogP contribution in [0.2, 0.25) is 0 Å². The lowest BCUT2D eigenvalue weighted by Crippen LogP contribution is -2.17. The Balaban J connectivity index is 5.17. The highest BCUT2D eigenvalue weighted by molar-refractivity contribution is 6.00. The second kappa shape index (κ2) is 15.2. The third-order valence-corrected chi connectivity index (χ3v) is 3.97. The van der Waals surface area contributed by atoms with Gasteiger partial charge in [0.2, 0.25) is 0 Å². The highest BCUT2D eigenvalue weighted by atomic mass is 16.5. The second-order valence-corrected chi connectivity index (χ2v) is 6.02. The predicted octanol–water partition coefficient (Wildman–Crippen LogP) is 5.35. The van der Waals surface area contributed by atoms with Gasteiger partial charge in [0.1, 0.15) is 0 Å². The van der Waals surface area contributed by atoms with Gasteiger partial charge in [-0.1, -0.05) is 52.4 Å². The van der Waals surface area contributed by atoms with E-state index < -0.39 is 0 Å². The number of hydrogen-bond donors (Lipinski definition) is 0. The molecule has 0 aliphatic heterocycles. The van der Waals surface area contributed by atoms with Gasteiger partial charge in [-0.25, -0.2) is 9.59 Å². The topological polar surface area (TPSA) is 52.6 Å². The molecule has 0 aromatic rings. The summed E-state index contributed by atoms with van der Waals surface area (Å²) in [4.78, 5) is 24.7. The number of hydrogen-bond acceptors (Lipinski definition) is 4. The summed E-state index contributed by atoms with van der Waals surface area (Å²) in [5, 5.41) is 0. The molecule has 24 heavy (non-hydrogen) atoms. The van der Waals surface area contributed by atoms with Crippen molar-refractivity contribution >= 4 is 11.9 Å². The predicted molar refractivity (Wildman–Crippen MR) is 97.8 cm³/mol. The molecule has 0 aromatic heterocycles. The fourth-order valence-corrected chi connectivity index (χ4v) is 2.65. The smallest absolute Gasteiger partial charge is 0.334 e.